The second-order valence-corrected chi connectivity index (χ2v) is 10.4. The molecule has 1 amide bonds. The normalized spacial score (nSPS) is 14.4. The Balaban J connectivity index is 1.62. The summed E-state index contributed by atoms with van der Waals surface area (Å²) in [6.07, 6.45) is 6.00. The second-order valence-electron chi connectivity index (χ2n) is 9.52. The van der Waals surface area contributed by atoms with Crippen molar-refractivity contribution in [3.05, 3.63) is 41.4 Å². The molecule has 3 aromatic rings. The topological polar surface area (TPSA) is 65.4 Å². The fourth-order valence-electron chi connectivity index (χ4n) is 4.48. The molecule has 0 atom stereocenters. The zero-order valence-electron chi connectivity index (χ0n) is 20.6. The van der Waals surface area contributed by atoms with Crippen LogP contribution < -0.4 is 14.8 Å². The van der Waals surface area contributed by atoms with Gasteiger partial charge in [-0.3, -0.25) is 0 Å². The highest BCUT2D eigenvalue weighted by atomic mass is 32.1. The van der Waals surface area contributed by atoms with Gasteiger partial charge in [0.05, 0.1) is 24.2 Å². The quantitative estimate of drug-likeness (QED) is 0.379. The van der Waals surface area contributed by atoms with Crippen molar-refractivity contribution in [1.29, 1.82) is 0 Å². The van der Waals surface area contributed by atoms with E-state index in [9.17, 15) is 4.79 Å². The molecule has 0 radical (unpaired) electrons. The van der Waals surface area contributed by atoms with Crippen molar-refractivity contribution >= 4 is 17.4 Å². The van der Waals surface area contributed by atoms with E-state index in [4.69, 9.17) is 14.5 Å². The molecule has 0 unspecified atom stereocenters. The van der Waals surface area contributed by atoms with Crippen LogP contribution in [0.15, 0.2) is 35.7 Å². The highest BCUT2D eigenvalue weighted by Crippen LogP contribution is 2.36. The van der Waals surface area contributed by atoms with E-state index < -0.39 is 6.09 Å². The summed E-state index contributed by atoms with van der Waals surface area (Å²) in [4.78, 5) is 17.3. The minimum absolute atomic E-state index is 0.367. The van der Waals surface area contributed by atoms with Gasteiger partial charge < -0.3 is 19.4 Å². The number of nitrogens with zero attached hydrogens (tertiary/aromatic N) is 2. The van der Waals surface area contributed by atoms with Crippen LogP contribution in [0.4, 0.5) is 4.79 Å². The maximum Gasteiger partial charge on any atom is 0.412 e. The van der Waals surface area contributed by atoms with Crippen molar-refractivity contribution in [2.75, 3.05) is 13.7 Å². The Bertz CT molecular complexity index is 1100. The first-order chi connectivity index (χ1) is 16.4. The van der Waals surface area contributed by atoms with Crippen molar-refractivity contribution in [1.82, 2.24) is 14.9 Å². The predicted molar refractivity (Wildman–Crippen MR) is 138 cm³/mol. The zero-order valence-corrected chi connectivity index (χ0v) is 21.4. The first kappa shape index (κ1) is 24.3. The molecule has 1 fully saturated rings. The summed E-state index contributed by atoms with van der Waals surface area (Å²) in [5.74, 6) is 2.44. The van der Waals surface area contributed by atoms with E-state index in [1.807, 2.05) is 37.3 Å². The Labute approximate surface area is 206 Å². The summed E-state index contributed by atoms with van der Waals surface area (Å²) in [6.45, 7) is 7.67. The zero-order chi connectivity index (χ0) is 24.1. The maximum absolute atomic E-state index is 12.4. The number of carbonyl (C=O) groups is 1. The van der Waals surface area contributed by atoms with Crippen LogP contribution in [0, 0.1) is 18.8 Å². The molecule has 182 valence electrons. The summed E-state index contributed by atoms with van der Waals surface area (Å²) in [5.41, 5.74) is 3.95. The van der Waals surface area contributed by atoms with Crippen LogP contribution in [0.1, 0.15) is 51.6 Å². The number of amides is 1. The fraction of sp³-hybridized carbons (Fsp3) is 0.481. The molecule has 34 heavy (non-hydrogen) atoms. The molecule has 0 aliphatic heterocycles. The maximum atomic E-state index is 12.4. The van der Waals surface area contributed by atoms with Gasteiger partial charge in [-0.15, -0.1) is 11.3 Å². The number of nitrogens with one attached hydrogen (secondary N) is 1. The number of thiazole rings is 1. The van der Waals surface area contributed by atoms with Gasteiger partial charge >= 0.3 is 6.09 Å². The van der Waals surface area contributed by atoms with Crippen LogP contribution in [0.5, 0.6) is 11.5 Å². The number of hydrogen-bond acceptors (Lipinski definition) is 5. The Morgan fingerprint density at radius 3 is 2.62 bits per heavy atom. The van der Waals surface area contributed by atoms with E-state index in [-0.39, 0.29) is 0 Å². The van der Waals surface area contributed by atoms with Gasteiger partial charge in [-0.1, -0.05) is 33.1 Å². The lowest BCUT2D eigenvalue weighted by molar-refractivity contribution is 0.198. The molecule has 7 heteroatoms. The summed E-state index contributed by atoms with van der Waals surface area (Å²) in [6, 6.07) is 9.94. The number of aromatic nitrogens is 2. The van der Waals surface area contributed by atoms with Gasteiger partial charge in [0.25, 0.3) is 0 Å². The SMILES string of the molecule is COc1ccc(-c2nc(-c3cc(OC(=O)NCC(C)C)c(C)n3CC3CCCCC3)cs2)cc1. The number of rotatable bonds is 8. The molecule has 1 aliphatic rings. The van der Waals surface area contributed by atoms with E-state index in [0.717, 1.165) is 39.9 Å². The van der Waals surface area contributed by atoms with Crippen LogP contribution in [-0.4, -0.2) is 29.3 Å². The Hall–Kier alpha value is -2.80. The molecule has 0 bridgehead atoms. The summed E-state index contributed by atoms with van der Waals surface area (Å²) < 4.78 is 13.3. The van der Waals surface area contributed by atoms with Crippen LogP contribution >= 0.6 is 11.3 Å². The van der Waals surface area contributed by atoms with Gasteiger partial charge in [0.15, 0.2) is 5.75 Å². The number of ether oxygens (including phenoxy) is 2. The first-order valence-electron chi connectivity index (χ1n) is 12.2. The van der Waals surface area contributed by atoms with Crippen molar-refractivity contribution in [2.24, 2.45) is 11.8 Å². The van der Waals surface area contributed by atoms with Gasteiger partial charge in [0.2, 0.25) is 0 Å². The average Bonchev–Trinajstić information content (AvgIpc) is 3.44. The minimum Gasteiger partial charge on any atom is -0.497 e. The third-order valence-corrected chi connectivity index (χ3v) is 7.34. The molecule has 1 aromatic carbocycles. The van der Waals surface area contributed by atoms with Crippen LogP contribution in [-0.2, 0) is 6.54 Å². The third-order valence-electron chi connectivity index (χ3n) is 6.45. The lowest BCUT2D eigenvalue weighted by Gasteiger charge is -2.24. The summed E-state index contributed by atoms with van der Waals surface area (Å²) >= 11 is 1.62. The summed E-state index contributed by atoms with van der Waals surface area (Å²) in [7, 11) is 1.67. The molecule has 2 aromatic heterocycles. The molecule has 1 N–H and O–H groups in total. The Morgan fingerprint density at radius 1 is 1.21 bits per heavy atom. The molecule has 6 nitrogen and oxygen atoms in total. The van der Waals surface area contributed by atoms with E-state index in [1.54, 1.807) is 18.4 Å². The lowest BCUT2D eigenvalue weighted by Crippen LogP contribution is -2.30. The largest absolute Gasteiger partial charge is 0.497 e. The number of carbonyl (C=O) groups excluding carboxylic acids is 1. The first-order valence-corrected chi connectivity index (χ1v) is 13.1. The smallest absolute Gasteiger partial charge is 0.412 e. The van der Waals surface area contributed by atoms with Gasteiger partial charge in [-0.05, 0) is 55.9 Å². The molecule has 2 heterocycles. The number of benzene rings is 1. The van der Waals surface area contributed by atoms with Crippen molar-refractivity contribution < 1.29 is 14.3 Å². The second kappa shape index (κ2) is 11.1. The Kier molecular flexibility index (Phi) is 7.93. The molecular weight excluding hydrogens is 446 g/mol. The van der Waals surface area contributed by atoms with E-state index in [1.165, 1.54) is 32.1 Å². The van der Waals surface area contributed by atoms with Crippen LogP contribution in [0.2, 0.25) is 0 Å². The van der Waals surface area contributed by atoms with Crippen molar-refractivity contribution in [3.8, 4) is 33.5 Å². The molecule has 4 rings (SSSR count). The minimum atomic E-state index is -0.407. The van der Waals surface area contributed by atoms with Crippen LogP contribution in [0.25, 0.3) is 22.0 Å². The summed E-state index contributed by atoms with van der Waals surface area (Å²) in [5, 5.41) is 5.90. The molecule has 0 saturated heterocycles. The third kappa shape index (κ3) is 5.81. The lowest BCUT2D eigenvalue weighted by atomic mass is 9.89. The Morgan fingerprint density at radius 2 is 1.94 bits per heavy atom. The van der Waals surface area contributed by atoms with Crippen molar-refractivity contribution in [3.63, 3.8) is 0 Å². The van der Waals surface area contributed by atoms with Gasteiger partial charge in [-0.25, -0.2) is 9.78 Å². The van der Waals surface area contributed by atoms with E-state index in [2.05, 4.69) is 29.1 Å². The highest BCUT2D eigenvalue weighted by Gasteiger charge is 2.22. The molecule has 1 aliphatic carbocycles. The molecular formula is C27H35N3O3S. The van der Waals surface area contributed by atoms with Gasteiger partial charge in [0.1, 0.15) is 10.8 Å². The van der Waals surface area contributed by atoms with Crippen molar-refractivity contribution in [2.45, 2.75) is 59.4 Å². The van der Waals surface area contributed by atoms with E-state index >= 15 is 0 Å². The van der Waals surface area contributed by atoms with Crippen LogP contribution in [0.3, 0.4) is 0 Å². The fourth-order valence-corrected chi connectivity index (χ4v) is 5.30. The standard InChI is InChI=1S/C27H35N3O3S/c1-18(2)15-28-27(31)33-25-14-24(30(19(25)3)16-20-8-6-5-7-9-20)23-17-34-26(29-23)21-10-12-22(32-4)13-11-21/h10-14,17-18,20H,5-9,15-16H2,1-4H3,(H,28,31). The number of methoxy groups -OCH3 is 1. The average molecular weight is 482 g/mol. The molecule has 1 saturated carbocycles. The monoisotopic (exact) mass is 481 g/mol. The van der Waals surface area contributed by atoms with Gasteiger partial charge in [-0.2, -0.15) is 0 Å². The molecule has 0 spiro atoms. The number of hydrogen-bond donors (Lipinski definition) is 1. The van der Waals surface area contributed by atoms with E-state index in [0.29, 0.717) is 24.1 Å². The predicted octanol–water partition coefficient (Wildman–Crippen LogP) is 6.92. The highest BCUT2D eigenvalue weighted by molar-refractivity contribution is 7.13. The van der Waals surface area contributed by atoms with Gasteiger partial charge in [0, 0.05) is 30.1 Å².